The van der Waals surface area contributed by atoms with E-state index in [4.69, 9.17) is 14.6 Å². The lowest BCUT2D eigenvalue weighted by molar-refractivity contribution is -0.158. The Balaban J connectivity index is 0.000000802. The van der Waals surface area contributed by atoms with Crippen LogP contribution in [0.1, 0.15) is 45.6 Å². The number of carbonyl (C=O) groups excluding carboxylic acids is 4. The Hall–Kier alpha value is -4.05. The molecule has 0 radical (unpaired) electrons. The summed E-state index contributed by atoms with van der Waals surface area (Å²) in [6, 6.07) is 9.32. The molecule has 0 bridgehead atoms. The molecule has 0 aliphatic heterocycles. The molecule has 1 aromatic carbocycles. The molecule has 0 fully saturated rings. The van der Waals surface area contributed by atoms with Crippen LogP contribution in [-0.4, -0.2) is 59.4 Å². The van der Waals surface area contributed by atoms with Gasteiger partial charge in [0.1, 0.15) is 6.61 Å². The van der Waals surface area contributed by atoms with Crippen LogP contribution >= 0.6 is 0 Å². The average molecular weight is 505 g/mol. The Bertz CT molecular complexity index is 976. The average Bonchev–Trinajstić information content (AvgIpc) is 2.85. The summed E-state index contributed by atoms with van der Waals surface area (Å²) in [4.78, 5) is 54.9. The lowest BCUT2D eigenvalue weighted by Gasteiger charge is -2.16. The minimum atomic E-state index is -1.11. The molecule has 0 aromatic heterocycles. The number of benzene rings is 1. The van der Waals surface area contributed by atoms with Gasteiger partial charge in [-0.1, -0.05) is 50.4 Å². The highest BCUT2D eigenvalue weighted by Gasteiger charge is 2.18. The second kappa shape index (κ2) is 17.4. The number of carbonyl (C=O) groups is 5. The Morgan fingerprint density at radius 2 is 1.58 bits per heavy atom. The molecule has 1 rings (SSSR count). The lowest BCUT2D eigenvalue weighted by Crippen LogP contribution is -2.29. The molecule has 0 amide bonds. The summed E-state index contributed by atoms with van der Waals surface area (Å²) in [6.45, 7) is 11.0. The molecule has 0 aliphatic carbocycles. The zero-order chi connectivity index (χ0) is 27.7. The van der Waals surface area contributed by atoms with Crippen LogP contribution in [0.25, 0.3) is 6.08 Å². The fourth-order valence-corrected chi connectivity index (χ4v) is 2.09. The van der Waals surface area contributed by atoms with Crippen LogP contribution in [0.15, 0.2) is 60.2 Å². The number of aliphatic hydroxyl groups excluding tert-OH is 1. The lowest BCUT2D eigenvalue weighted by atomic mass is 10.1. The van der Waals surface area contributed by atoms with Crippen LogP contribution < -0.4 is 0 Å². The molecule has 1 atom stereocenters. The Labute approximate surface area is 209 Å². The molecule has 1 aromatic rings. The summed E-state index contributed by atoms with van der Waals surface area (Å²) in [5, 5.41) is 17.4. The summed E-state index contributed by atoms with van der Waals surface area (Å²) < 4.78 is 14.3. The minimum absolute atomic E-state index is 0.101. The van der Waals surface area contributed by atoms with Crippen LogP contribution in [0, 0.1) is 0 Å². The number of carboxylic acid groups (broad SMARTS) is 1. The zero-order valence-corrected chi connectivity index (χ0v) is 20.7. The van der Waals surface area contributed by atoms with Gasteiger partial charge in [0.2, 0.25) is 0 Å². The van der Waals surface area contributed by atoms with Gasteiger partial charge in [0, 0.05) is 16.7 Å². The normalized spacial score (nSPS) is 11.2. The second-order valence-electron chi connectivity index (χ2n) is 7.44. The van der Waals surface area contributed by atoms with Gasteiger partial charge in [-0.25, -0.2) is 14.4 Å². The van der Waals surface area contributed by atoms with Gasteiger partial charge < -0.3 is 24.4 Å². The highest BCUT2D eigenvalue weighted by Crippen LogP contribution is 2.09. The molecule has 196 valence electrons. The zero-order valence-electron chi connectivity index (χ0n) is 20.7. The first-order valence-corrected chi connectivity index (χ1v) is 10.9. The number of aliphatic carboxylic acids is 1. The van der Waals surface area contributed by atoms with Gasteiger partial charge in [0.05, 0.1) is 19.4 Å². The molecule has 0 saturated heterocycles. The number of hydrogen-bond acceptors (Lipinski definition) is 9. The molecule has 10 nitrogen and oxygen atoms in total. The number of hydrogen-bond donors (Lipinski definition) is 2. The van der Waals surface area contributed by atoms with Crippen molar-refractivity contribution in [3.05, 3.63) is 65.8 Å². The molecule has 0 spiro atoms. The van der Waals surface area contributed by atoms with E-state index in [0.717, 1.165) is 5.56 Å². The summed E-state index contributed by atoms with van der Waals surface area (Å²) >= 11 is 0. The van der Waals surface area contributed by atoms with E-state index >= 15 is 0 Å². The van der Waals surface area contributed by atoms with E-state index in [-0.39, 0.29) is 25.0 Å². The van der Waals surface area contributed by atoms with E-state index in [1.807, 2.05) is 30.3 Å². The van der Waals surface area contributed by atoms with Gasteiger partial charge >= 0.3 is 29.8 Å². The Morgan fingerprint density at radius 3 is 2.08 bits per heavy atom. The van der Waals surface area contributed by atoms with Crippen molar-refractivity contribution in [1.29, 1.82) is 0 Å². The third-order valence-electron chi connectivity index (χ3n) is 4.20. The van der Waals surface area contributed by atoms with Crippen molar-refractivity contribution in [3.8, 4) is 0 Å². The Kier molecular flexibility index (Phi) is 15.4. The Morgan fingerprint density at radius 1 is 0.972 bits per heavy atom. The van der Waals surface area contributed by atoms with Gasteiger partial charge in [-0.3, -0.25) is 9.59 Å². The topological polar surface area (TPSA) is 154 Å². The van der Waals surface area contributed by atoms with Crippen LogP contribution in [0.3, 0.4) is 0 Å². The van der Waals surface area contributed by atoms with Crippen LogP contribution in [-0.2, 0) is 38.2 Å². The third kappa shape index (κ3) is 14.3. The molecule has 0 heterocycles. The maximum atomic E-state index is 12.0. The predicted molar refractivity (Wildman–Crippen MR) is 130 cm³/mol. The van der Waals surface area contributed by atoms with Crippen molar-refractivity contribution in [2.75, 3.05) is 13.2 Å². The van der Waals surface area contributed by atoms with E-state index in [2.05, 4.69) is 17.9 Å². The van der Waals surface area contributed by atoms with E-state index in [0.29, 0.717) is 17.6 Å². The van der Waals surface area contributed by atoms with E-state index in [9.17, 15) is 29.1 Å². The van der Waals surface area contributed by atoms with E-state index in [1.165, 1.54) is 6.92 Å². The first-order chi connectivity index (χ1) is 16.9. The fraction of sp³-hybridized carbons (Fsp3) is 0.346. The SMILES string of the molecule is C=C(C)C(=O)OC(=O)CCC(=O)O.C=C(CC)C(=O)OCC(CO)OC(=O)C(C)=Cc1ccccc1. The number of esters is 4. The third-order valence-corrected chi connectivity index (χ3v) is 4.20. The quantitative estimate of drug-likeness (QED) is 0.188. The first kappa shape index (κ1) is 31.9. The van der Waals surface area contributed by atoms with Gasteiger partial charge in [0.15, 0.2) is 6.10 Å². The van der Waals surface area contributed by atoms with Gasteiger partial charge in [0.25, 0.3) is 0 Å². The molecule has 0 saturated carbocycles. The number of ether oxygens (including phenoxy) is 3. The first-order valence-electron chi connectivity index (χ1n) is 10.9. The predicted octanol–water partition coefficient (Wildman–Crippen LogP) is 3.00. The molecular weight excluding hydrogens is 472 g/mol. The van der Waals surface area contributed by atoms with Gasteiger partial charge in [-0.15, -0.1) is 0 Å². The fourth-order valence-electron chi connectivity index (χ4n) is 2.09. The van der Waals surface area contributed by atoms with Crippen LogP contribution in [0.4, 0.5) is 0 Å². The van der Waals surface area contributed by atoms with Crippen molar-refractivity contribution in [1.82, 2.24) is 0 Å². The molecule has 36 heavy (non-hydrogen) atoms. The number of carboxylic acids is 1. The highest BCUT2D eigenvalue weighted by molar-refractivity contribution is 5.95. The van der Waals surface area contributed by atoms with Crippen LogP contribution in [0.2, 0.25) is 0 Å². The van der Waals surface area contributed by atoms with Crippen molar-refractivity contribution >= 4 is 35.9 Å². The molecule has 0 aliphatic rings. The summed E-state index contributed by atoms with van der Waals surface area (Å²) in [6.07, 6.45) is 0.593. The van der Waals surface area contributed by atoms with E-state index < -0.39 is 42.6 Å². The van der Waals surface area contributed by atoms with Crippen LogP contribution in [0.5, 0.6) is 0 Å². The maximum absolute atomic E-state index is 12.0. The molecular formula is C26H32O10. The smallest absolute Gasteiger partial charge is 0.340 e. The number of rotatable bonds is 12. The monoisotopic (exact) mass is 504 g/mol. The molecule has 1 unspecified atom stereocenters. The largest absolute Gasteiger partial charge is 0.481 e. The van der Waals surface area contributed by atoms with Gasteiger partial charge in [-0.2, -0.15) is 0 Å². The minimum Gasteiger partial charge on any atom is -0.481 e. The van der Waals surface area contributed by atoms with Gasteiger partial charge in [-0.05, 0) is 31.9 Å². The molecule has 2 N–H and O–H groups in total. The standard InChI is InChI=1S/C18H22O5.C8H10O5/c1-4-13(2)17(20)22-12-16(11-19)23-18(21)14(3)10-15-8-6-5-7-9-15;1-5(2)8(12)13-7(11)4-3-6(9)10/h5-10,16,19H,2,4,11-12H2,1,3H3;1,3-4H2,2H3,(H,9,10). The van der Waals surface area contributed by atoms with Crippen molar-refractivity contribution < 1.29 is 48.4 Å². The number of aliphatic hydroxyl groups is 1. The molecule has 10 heteroatoms. The van der Waals surface area contributed by atoms with E-state index in [1.54, 1.807) is 19.9 Å². The summed E-state index contributed by atoms with van der Waals surface area (Å²) in [5.74, 6) is -3.91. The summed E-state index contributed by atoms with van der Waals surface area (Å²) in [5.41, 5.74) is 1.68. The maximum Gasteiger partial charge on any atom is 0.340 e. The van der Waals surface area contributed by atoms with Crippen molar-refractivity contribution in [3.63, 3.8) is 0 Å². The second-order valence-corrected chi connectivity index (χ2v) is 7.44. The van der Waals surface area contributed by atoms with Crippen molar-refractivity contribution in [2.24, 2.45) is 0 Å². The van der Waals surface area contributed by atoms with Crippen molar-refractivity contribution in [2.45, 2.75) is 46.1 Å². The summed E-state index contributed by atoms with van der Waals surface area (Å²) in [7, 11) is 0. The highest BCUT2D eigenvalue weighted by atomic mass is 16.6.